The van der Waals surface area contributed by atoms with Crippen LogP contribution in [0.5, 0.6) is 0 Å². The Balaban J connectivity index is 1.98. The number of thioether (sulfide) groups is 1. The number of alkyl halides is 1. The topological polar surface area (TPSA) is 15.6 Å². The minimum atomic E-state index is 0.601. The Morgan fingerprint density at radius 3 is 2.88 bits per heavy atom. The van der Waals surface area contributed by atoms with Crippen LogP contribution in [-0.2, 0) is 6.54 Å². The van der Waals surface area contributed by atoms with Gasteiger partial charge in [0.15, 0.2) is 5.17 Å². The van der Waals surface area contributed by atoms with E-state index < -0.39 is 0 Å². The van der Waals surface area contributed by atoms with Crippen LogP contribution in [0.15, 0.2) is 29.3 Å². The summed E-state index contributed by atoms with van der Waals surface area (Å²) in [4.78, 5) is 6.83. The van der Waals surface area contributed by atoms with Crippen molar-refractivity contribution in [3.05, 3.63) is 35.4 Å². The van der Waals surface area contributed by atoms with Crippen LogP contribution < -0.4 is 0 Å². The quantitative estimate of drug-likeness (QED) is 0.796. The standard InChI is InChI=1S/C13H17BrN2S/c1-10-5-3-4-6-11(10)9-16(2)13-15-8-12(7-14)17-13/h3-6,12H,7-9H2,1-2H3. The molecule has 17 heavy (non-hydrogen) atoms. The molecule has 1 aromatic carbocycles. The lowest BCUT2D eigenvalue weighted by molar-refractivity contribution is 0.509. The first-order chi connectivity index (χ1) is 8.20. The van der Waals surface area contributed by atoms with Crippen molar-refractivity contribution in [2.75, 3.05) is 18.9 Å². The maximum absolute atomic E-state index is 4.59. The van der Waals surface area contributed by atoms with Crippen molar-refractivity contribution in [2.45, 2.75) is 18.7 Å². The first kappa shape index (κ1) is 13.0. The molecule has 0 spiro atoms. The molecule has 0 N–H and O–H groups in total. The summed E-state index contributed by atoms with van der Waals surface area (Å²) in [5.41, 5.74) is 2.72. The summed E-state index contributed by atoms with van der Waals surface area (Å²) >= 11 is 5.39. The molecule has 1 atom stereocenters. The highest BCUT2D eigenvalue weighted by Crippen LogP contribution is 2.25. The van der Waals surface area contributed by atoms with E-state index in [0.29, 0.717) is 5.25 Å². The Bertz CT molecular complexity index is 420. The van der Waals surface area contributed by atoms with Gasteiger partial charge in [-0.25, -0.2) is 0 Å². The van der Waals surface area contributed by atoms with E-state index in [9.17, 15) is 0 Å². The van der Waals surface area contributed by atoms with Gasteiger partial charge in [-0.05, 0) is 18.1 Å². The number of hydrogen-bond acceptors (Lipinski definition) is 3. The summed E-state index contributed by atoms with van der Waals surface area (Å²) in [5.74, 6) is 0. The molecule has 0 saturated carbocycles. The van der Waals surface area contributed by atoms with E-state index in [0.717, 1.165) is 23.6 Å². The fourth-order valence-corrected chi connectivity index (χ4v) is 3.31. The Kier molecular flexibility index (Phi) is 4.51. The van der Waals surface area contributed by atoms with Gasteiger partial charge in [0.05, 0.1) is 6.54 Å². The smallest absolute Gasteiger partial charge is 0.159 e. The molecule has 4 heteroatoms. The molecule has 1 unspecified atom stereocenters. The van der Waals surface area contributed by atoms with Crippen LogP contribution in [0.25, 0.3) is 0 Å². The Labute approximate surface area is 116 Å². The zero-order chi connectivity index (χ0) is 12.3. The van der Waals surface area contributed by atoms with E-state index in [1.807, 2.05) is 11.8 Å². The summed E-state index contributed by atoms with van der Waals surface area (Å²) in [6.07, 6.45) is 0. The molecule has 0 bridgehead atoms. The van der Waals surface area contributed by atoms with Crippen molar-refractivity contribution in [1.82, 2.24) is 4.90 Å². The highest BCUT2D eigenvalue weighted by Gasteiger charge is 2.21. The molecular formula is C13H17BrN2S. The highest BCUT2D eigenvalue weighted by atomic mass is 79.9. The van der Waals surface area contributed by atoms with E-state index >= 15 is 0 Å². The van der Waals surface area contributed by atoms with Crippen molar-refractivity contribution in [1.29, 1.82) is 0 Å². The zero-order valence-corrected chi connectivity index (χ0v) is 12.6. The number of amidine groups is 1. The predicted octanol–water partition coefficient (Wildman–Crippen LogP) is 3.29. The molecule has 0 amide bonds. The predicted molar refractivity (Wildman–Crippen MR) is 80.1 cm³/mol. The number of aliphatic imine (C=N–C) groups is 1. The largest absolute Gasteiger partial charge is 0.350 e. The second kappa shape index (κ2) is 5.91. The Morgan fingerprint density at radius 2 is 2.24 bits per heavy atom. The van der Waals surface area contributed by atoms with Crippen LogP contribution in [-0.4, -0.2) is 34.2 Å². The zero-order valence-electron chi connectivity index (χ0n) is 10.2. The monoisotopic (exact) mass is 312 g/mol. The number of nitrogens with zero attached hydrogens (tertiary/aromatic N) is 2. The van der Waals surface area contributed by atoms with E-state index in [1.165, 1.54) is 11.1 Å². The van der Waals surface area contributed by atoms with Crippen LogP contribution in [0, 0.1) is 6.92 Å². The second-order valence-electron chi connectivity index (χ2n) is 4.30. The maximum atomic E-state index is 4.59. The van der Waals surface area contributed by atoms with Crippen molar-refractivity contribution in [2.24, 2.45) is 4.99 Å². The van der Waals surface area contributed by atoms with Crippen molar-refractivity contribution >= 4 is 32.9 Å². The summed E-state index contributed by atoms with van der Waals surface area (Å²) in [6, 6.07) is 8.53. The second-order valence-corrected chi connectivity index (χ2v) is 6.21. The fourth-order valence-electron chi connectivity index (χ4n) is 1.81. The van der Waals surface area contributed by atoms with Gasteiger partial charge in [0.25, 0.3) is 0 Å². The van der Waals surface area contributed by atoms with Crippen molar-refractivity contribution in [3.8, 4) is 0 Å². The van der Waals surface area contributed by atoms with Crippen LogP contribution in [0.4, 0.5) is 0 Å². The first-order valence-corrected chi connectivity index (χ1v) is 7.73. The summed E-state index contributed by atoms with van der Waals surface area (Å²) in [5, 5.41) is 2.78. The third-order valence-electron chi connectivity index (χ3n) is 2.87. The van der Waals surface area contributed by atoms with Gasteiger partial charge in [-0.1, -0.05) is 52.0 Å². The number of aryl methyl sites for hydroxylation is 1. The normalized spacial score (nSPS) is 19.2. The third-order valence-corrected chi connectivity index (χ3v) is 5.38. The molecule has 1 aromatic rings. The lowest BCUT2D eigenvalue weighted by Crippen LogP contribution is -2.23. The molecule has 1 aliphatic heterocycles. The SMILES string of the molecule is Cc1ccccc1CN(C)C1=NCC(CBr)S1. The van der Waals surface area contributed by atoms with Crippen LogP contribution in [0.1, 0.15) is 11.1 Å². The molecule has 92 valence electrons. The summed E-state index contributed by atoms with van der Waals surface area (Å²) < 4.78 is 0. The fraction of sp³-hybridized carbons (Fsp3) is 0.462. The van der Waals surface area contributed by atoms with Crippen LogP contribution in [0.2, 0.25) is 0 Å². The van der Waals surface area contributed by atoms with Gasteiger partial charge in [0.1, 0.15) is 0 Å². The van der Waals surface area contributed by atoms with Gasteiger partial charge in [-0.15, -0.1) is 0 Å². The molecule has 0 aromatic heterocycles. The van der Waals surface area contributed by atoms with E-state index in [4.69, 9.17) is 0 Å². The summed E-state index contributed by atoms with van der Waals surface area (Å²) in [6.45, 7) is 4.03. The minimum absolute atomic E-state index is 0.601. The molecule has 0 saturated heterocycles. The molecule has 0 fully saturated rings. The third kappa shape index (κ3) is 3.26. The average molecular weight is 313 g/mol. The van der Waals surface area contributed by atoms with Gasteiger partial charge in [0, 0.05) is 24.2 Å². The van der Waals surface area contributed by atoms with Gasteiger partial charge in [0.2, 0.25) is 0 Å². The first-order valence-electron chi connectivity index (χ1n) is 5.73. The molecule has 2 nitrogen and oxygen atoms in total. The molecular weight excluding hydrogens is 296 g/mol. The van der Waals surface area contributed by atoms with Gasteiger partial charge >= 0.3 is 0 Å². The molecule has 2 rings (SSSR count). The van der Waals surface area contributed by atoms with E-state index in [1.54, 1.807) is 0 Å². The molecule has 1 aliphatic rings. The van der Waals surface area contributed by atoms with Crippen molar-refractivity contribution < 1.29 is 0 Å². The van der Waals surface area contributed by atoms with E-state index in [-0.39, 0.29) is 0 Å². The molecule has 0 radical (unpaired) electrons. The number of rotatable bonds is 3. The number of benzene rings is 1. The van der Waals surface area contributed by atoms with Crippen LogP contribution in [0.3, 0.4) is 0 Å². The summed E-state index contributed by atoms with van der Waals surface area (Å²) in [7, 11) is 2.12. The Hall–Kier alpha value is -0.480. The van der Waals surface area contributed by atoms with Crippen molar-refractivity contribution in [3.63, 3.8) is 0 Å². The lowest BCUT2D eigenvalue weighted by atomic mass is 10.1. The van der Waals surface area contributed by atoms with Gasteiger partial charge < -0.3 is 4.90 Å². The van der Waals surface area contributed by atoms with E-state index in [2.05, 4.69) is 64.1 Å². The molecule has 1 heterocycles. The van der Waals surface area contributed by atoms with Gasteiger partial charge in [-0.2, -0.15) is 0 Å². The molecule has 0 aliphatic carbocycles. The highest BCUT2D eigenvalue weighted by molar-refractivity contribution is 9.09. The average Bonchev–Trinajstić information content (AvgIpc) is 2.81. The Morgan fingerprint density at radius 1 is 1.47 bits per heavy atom. The lowest BCUT2D eigenvalue weighted by Gasteiger charge is -2.20. The maximum Gasteiger partial charge on any atom is 0.159 e. The van der Waals surface area contributed by atoms with Gasteiger partial charge in [-0.3, -0.25) is 4.99 Å². The minimum Gasteiger partial charge on any atom is -0.350 e. The van der Waals surface area contributed by atoms with Crippen LogP contribution >= 0.6 is 27.7 Å². The number of halogens is 1. The number of hydrogen-bond donors (Lipinski definition) is 0.